The predicted octanol–water partition coefficient (Wildman–Crippen LogP) is 0.920. The van der Waals surface area contributed by atoms with Crippen molar-refractivity contribution in [2.45, 2.75) is 30.8 Å². The monoisotopic (exact) mass is 461 g/mol. The van der Waals surface area contributed by atoms with Crippen LogP contribution in [-0.4, -0.2) is 53.2 Å². The Labute approximate surface area is 158 Å². The van der Waals surface area contributed by atoms with Crippen LogP contribution in [0.3, 0.4) is 0 Å². The molecule has 1 aliphatic heterocycles. The first-order chi connectivity index (χ1) is 11.9. The van der Waals surface area contributed by atoms with Crippen LogP contribution in [0.5, 0.6) is 0 Å². The van der Waals surface area contributed by atoms with Crippen LogP contribution in [-0.2, 0) is 20.7 Å². The molecule has 1 aromatic carbocycles. The molecule has 8 nitrogen and oxygen atoms in total. The van der Waals surface area contributed by atoms with Gasteiger partial charge in [0.1, 0.15) is 17.9 Å². The average Bonchev–Trinajstić information content (AvgIpc) is 2.60. The minimum absolute atomic E-state index is 0.168. The Balaban J connectivity index is 2.17. The second-order valence-corrected chi connectivity index (χ2v) is 7.12. The maximum atomic E-state index is 12.9. The van der Waals surface area contributed by atoms with E-state index in [9.17, 15) is 14.4 Å². The molecule has 0 spiro atoms. The van der Waals surface area contributed by atoms with Gasteiger partial charge in [-0.25, -0.2) is 10.6 Å². The number of hydrazine groups is 1. The highest BCUT2D eigenvalue weighted by molar-refractivity contribution is 14.1. The molecule has 1 saturated heterocycles. The van der Waals surface area contributed by atoms with Crippen LogP contribution >= 0.6 is 22.6 Å². The van der Waals surface area contributed by atoms with Crippen LogP contribution in [0.15, 0.2) is 24.3 Å². The zero-order valence-corrected chi connectivity index (χ0v) is 15.6. The van der Waals surface area contributed by atoms with Crippen LogP contribution in [0, 0.1) is 3.57 Å². The van der Waals surface area contributed by atoms with Gasteiger partial charge in [0.15, 0.2) is 0 Å². The van der Waals surface area contributed by atoms with Gasteiger partial charge < -0.3 is 20.0 Å². The van der Waals surface area contributed by atoms with E-state index in [1.807, 2.05) is 24.3 Å². The molecule has 0 aliphatic carbocycles. The largest absolute Gasteiger partial charge is 0.465 e. The van der Waals surface area contributed by atoms with Gasteiger partial charge in [-0.1, -0.05) is 12.1 Å². The Bertz CT molecular complexity index is 631. The van der Waals surface area contributed by atoms with Crippen molar-refractivity contribution in [2.24, 2.45) is 5.84 Å². The molecule has 2 rings (SSSR count). The maximum absolute atomic E-state index is 12.9. The minimum Gasteiger partial charge on any atom is -0.465 e. The topological polar surface area (TPSA) is 122 Å². The Kier molecular flexibility index (Phi) is 6.73. The highest BCUT2D eigenvalue weighted by atomic mass is 127. The van der Waals surface area contributed by atoms with Gasteiger partial charge in [0, 0.05) is 36.0 Å². The van der Waals surface area contributed by atoms with Gasteiger partial charge in [-0.3, -0.25) is 9.80 Å². The van der Waals surface area contributed by atoms with Crippen molar-refractivity contribution >= 4 is 40.9 Å². The molecule has 1 fully saturated rings. The quantitative estimate of drug-likeness (QED) is 0.191. The fourth-order valence-corrected chi connectivity index (χ4v) is 3.15. The second-order valence-electron chi connectivity index (χ2n) is 5.87. The molecule has 25 heavy (non-hydrogen) atoms. The average molecular weight is 461 g/mol. The van der Waals surface area contributed by atoms with Gasteiger partial charge in [-0.15, -0.1) is 0 Å². The number of ether oxygens (including phenoxy) is 1. The van der Waals surface area contributed by atoms with Crippen molar-refractivity contribution in [1.82, 2.24) is 10.3 Å². The van der Waals surface area contributed by atoms with Gasteiger partial charge >= 0.3 is 6.09 Å². The van der Waals surface area contributed by atoms with Crippen molar-refractivity contribution in [2.75, 3.05) is 13.2 Å². The van der Waals surface area contributed by atoms with Crippen LogP contribution in [0.4, 0.5) is 4.79 Å². The number of carbonyl (C=O) groups excluding carboxylic acids is 2. The predicted molar refractivity (Wildman–Crippen MR) is 97.7 cm³/mol. The van der Waals surface area contributed by atoms with E-state index >= 15 is 0 Å². The van der Waals surface area contributed by atoms with Gasteiger partial charge in [-0.05, 0) is 40.3 Å². The number of hydrogen-bond donors (Lipinski definition) is 3. The normalized spacial score (nSPS) is 17.4. The SMILES string of the molecule is NN(C(=O)C1(NC(=O)O)CCOCC1)C(C=O)Cc1ccc(I)cc1. The first-order valence-electron chi connectivity index (χ1n) is 7.75. The molecular formula is C16H20IN3O5. The molecule has 136 valence electrons. The lowest BCUT2D eigenvalue weighted by atomic mass is 9.88. The van der Waals surface area contributed by atoms with Crippen molar-refractivity contribution in [3.05, 3.63) is 33.4 Å². The molecule has 1 atom stereocenters. The number of benzene rings is 1. The van der Waals surface area contributed by atoms with Gasteiger partial charge in [-0.2, -0.15) is 0 Å². The summed E-state index contributed by atoms with van der Waals surface area (Å²) in [5.74, 6) is 5.29. The fraction of sp³-hybridized carbons (Fsp3) is 0.438. The first kappa shape index (κ1) is 19.6. The van der Waals surface area contributed by atoms with E-state index < -0.39 is 23.6 Å². The van der Waals surface area contributed by atoms with Crippen LogP contribution in [0.1, 0.15) is 18.4 Å². The third kappa shape index (κ3) is 4.89. The van der Waals surface area contributed by atoms with E-state index in [0.717, 1.165) is 14.1 Å². The van der Waals surface area contributed by atoms with E-state index in [4.69, 9.17) is 15.7 Å². The third-order valence-electron chi connectivity index (χ3n) is 4.21. The molecule has 1 aliphatic rings. The number of hydrogen-bond acceptors (Lipinski definition) is 5. The Morgan fingerprint density at radius 3 is 2.48 bits per heavy atom. The summed E-state index contributed by atoms with van der Waals surface area (Å²) >= 11 is 2.17. The summed E-state index contributed by atoms with van der Waals surface area (Å²) < 4.78 is 6.27. The fourth-order valence-electron chi connectivity index (χ4n) is 2.79. The van der Waals surface area contributed by atoms with E-state index in [0.29, 0.717) is 6.29 Å². The van der Waals surface area contributed by atoms with Gasteiger partial charge in [0.25, 0.3) is 5.91 Å². The molecule has 0 saturated carbocycles. The summed E-state index contributed by atoms with van der Waals surface area (Å²) in [6.45, 7) is 0.478. The molecule has 4 N–H and O–H groups in total. The van der Waals surface area contributed by atoms with E-state index in [-0.39, 0.29) is 32.5 Å². The number of carboxylic acid groups (broad SMARTS) is 1. The van der Waals surface area contributed by atoms with E-state index in [1.54, 1.807) is 0 Å². The number of halogens is 1. The minimum atomic E-state index is -1.37. The maximum Gasteiger partial charge on any atom is 0.405 e. The number of carbonyl (C=O) groups is 3. The number of nitrogens with one attached hydrogen (secondary N) is 1. The molecule has 1 unspecified atom stereocenters. The molecule has 1 heterocycles. The zero-order chi connectivity index (χ0) is 18.4. The van der Waals surface area contributed by atoms with Crippen molar-refractivity contribution in [1.29, 1.82) is 0 Å². The van der Waals surface area contributed by atoms with Crippen molar-refractivity contribution in [3.63, 3.8) is 0 Å². The lowest BCUT2D eigenvalue weighted by Crippen LogP contribution is -2.65. The Morgan fingerprint density at radius 2 is 1.96 bits per heavy atom. The molecule has 2 amide bonds. The number of rotatable bonds is 6. The summed E-state index contributed by atoms with van der Waals surface area (Å²) in [6, 6.07) is 6.62. The zero-order valence-electron chi connectivity index (χ0n) is 13.5. The summed E-state index contributed by atoms with van der Waals surface area (Å²) in [6.07, 6.45) is -0.127. The number of nitrogens with two attached hydrogens (primary N) is 1. The standard InChI is InChI=1S/C16H20IN3O5/c17-12-3-1-11(2-4-12)9-13(10-21)20(18)14(22)16(19-15(23)24)5-7-25-8-6-16/h1-4,10,13,19H,5-9,18H2,(H,23,24). The molecule has 9 heteroatoms. The highest BCUT2D eigenvalue weighted by Gasteiger charge is 2.45. The highest BCUT2D eigenvalue weighted by Crippen LogP contribution is 2.24. The summed E-state index contributed by atoms with van der Waals surface area (Å²) in [5, 5.41) is 12.2. The smallest absolute Gasteiger partial charge is 0.405 e. The lowest BCUT2D eigenvalue weighted by molar-refractivity contribution is -0.146. The lowest BCUT2D eigenvalue weighted by Gasteiger charge is -2.39. The molecular weight excluding hydrogens is 441 g/mol. The van der Waals surface area contributed by atoms with Crippen LogP contribution in [0.2, 0.25) is 0 Å². The summed E-state index contributed by atoms with van der Waals surface area (Å²) in [7, 11) is 0. The van der Waals surface area contributed by atoms with Gasteiger partial charge in [0.2, 0.25) is 0 Å². The number of amides is 2. The first-order valence-corrected chi connectivity index (χ1v) is 8.83. The third-order valence-corrected chi connectivity index (χ3v) is 4.93. The number of nitrogens with zero attached hydrogens (tertiary/aromatic N) is 1. The molecule has 1 aromatic rings. The van der Waals surface area contributed by atoms with Gasteiger partial charge in [0.05, 0.1) is 0 Å². The van der Waals surface area contributed by atoms with Crippen LogP contribution in [0.25, 0.3) is 0 Å². The molecule has 0 aromatic heterocycles. The number of aldehydes is 1. The second kappa shape index (κ2) is 8.59. The van der Waals surface area contributed by atoms with Crippen LogP contribution < -0.4 is 11.2 Å². The van der Waals surface area contributed by atoms with Crippen molar-refractivity contribution in [3.8, 4) is 0 Å². The van der Waals surface area contributed by atoms with E-state index in [2.05, 4.69) is 27.9 Å². The van der Waals surface area contributed by atoms with Crippen molar-refractivity contribution < 1.29 is 24.2 Å². The summed E-state index contributed by atoms with van der Waals surface area (Å²) in [4.78, 5) is 35.5. The van der Waals surface area contributed by atoms with E-state index in [1.165, 1.54) is 0 Å². The Morgan fingerprint density at radius 1 is 1.36 bits per heavy atom. The molecule has 0 radical (unpaired) electrons. The Hall–Kier alpha value is -1.72. The molecule has 0 bridgehead atoms. The summed E-state index contributed by atoms with van der Waals surface area (Å²) in [5.41, 5.74) is -0.514.